The van der Waals surface area contributed by atoms with Crippen molar-refractivity contribution in [3.05, 3.63) is 36.5 Å². The number of phosphoric acid groups is 1. The Morgan fingerprint density at radius 3 is 2.18 bits per heavy atom. The highest BCUT2D eigenvalue weighted by Gasteiger charge is 2.27. The molecular formula is C28H53N2O7P. The SMILES string of the molecule is CCCCC/C=C/CC/C=C/C(O)C(COP(=O)(O)OCCN)NC(=O)CC(O)C/C=C\CCCCCC. The number of amides is 1. The molecule has 0 radical (unpaired) electrons. The molecule has 10 heteroatoms. The van der Waals surface area contributed by atoms with Crippen LogP contribution in [0.1, 0.15) is 97.3 Å². The number of phosphoric ester groups is 1. The predicted octanol–water partition coefficient (Wildman–Crippen LogP) is 5.07. The Balaban J connectivity index is 4.80. The first-order valence-corrected chi connectivity index (χ1v) is 15.7. The average molecular weight is 561 g/mol. The third-order valence-corrected chi connectivity index (χ3v) is 6.73. The number of aliphatic hydroxyl groups excluding tert-OH is 2. The van der Waals surface area contributed by atoms with E-state index in [0.717, 1.165) is 25.7 Å². The lowest BCUT2D eigenvalue weighted by Crippen LogP contribution is -2.46. The van der Waals surface area contributed by atoms with Crippen LogP contribution in [0.3, 0.4) is 0 Å². The van der Waals surface area contributed by atoms with Gasteiger partial charge in [0.2, 0.25) is 5.91 Å². The highest BCUT2D eigenvalue weighted by Crippen LogP contribution is 2.43. The lowest BCUT2D eigenvalue weighted by Gasteiger charge is -2.23. The summed E-state index contributed by atoms with van der Waals surface area (Å²) in [5, 5.41) is 23.4. The molecule has 0 aromatic heterocycles. The zero-order chi connectivity index (χ0) is 28.5. The molecule has 38 heavy (non-hydrogen) atoms. The fourth-order valence-electron chi connectivity index (χ4n) is 3.54. The molecule has 4 atom stereocenters. The Hall–Kier alpha value is -1.32. The number of allylic oxidation sites excluding steroid dienone is 4. The number of rotatable bonds is 25. The Morgan fingerprint density at radius 1 is 0.895 bits per heavy atom. The first-order valence-electron chi connectivity index (χ1n) is 14.2. The van der Waals surface area contributed by atoms with Gasteiger partial charge in [0.15, 0.2) is 0 Å². The summed E-state index contributed by atoms with van der Waals surface area (Å²) in [6.07, 6.45) is 21.4. The van der Waals surface area contributed by atoms with E-state index in [1.165, 1.54) is 44.6 Å². The van der Waals surface area contributed by atoms with Crippen molar-refractivity contribution in [1.29, 1.82) is 0 Å². The summed E-state index contributed by atoms with van der Waals surface area (Å²) < 4.78 is 21.7. The molecule has 9 nitrogen and oxygen atoms in total. The van der Waals surface area contributed by atoms with E-state index in [1.54, 1.807) is 6.08 Å². The zero-order valence-corrected chi connectivity index (χ0v) is 24.4. The van der Waals surface area contributed by atoms with Gasteiger partial charge in [0, 0.05) is 6.54 Å². The number of nitrogens with one attached hydrogen (secondary N) is 1. The maximum Gasteiger partial charge on any atom is 0.472 e. The number of carbonyl (C=O) groups excluding carboxylic acids is 1. The van der Waals surface area contributed by atoms with Gasteiger partial charge < -0.3 is 26.2 Å². The van der Waals surface area contributed by atoms with Gasteiger partial charge in [0.05, 0.1) is 37.9 Å². The molecule has 0 spiro atoms. The molecule has 1 amide bonds. The Morgan fingerprint density at radius 2 is 1.50 bits per heavy atom. The summed E-state index contributed by atoms with van der Waals surface area (Å²) in [7, 11) is -4.39. The standard InChI is InChI=1S/C28H53N2O7P/c1-3-5-7-9-11-12-14-16-18-20-27(32)26(24-37-38(34,35)36-22-21-29)30-28(33)23-25(31)19-17-15-13-10-8-6-4-2/h11-12,15,17-18,20,25-27,31-32H,3-10,13-14,16,19,21-24,29H2,1-2H3,(H,30,33)(H,34,35)/b12-11+,17-15-,20-18+. The second kappa shape index (κ2) is 24.7. The minimum Gasteiger partial charge on any atom is -0.392 e. The summed E-state index contributed by atoms with van der Waals surface area (Å²) in [4.78, 5) is 22.3. The fraction of sp³-hybridized carbons (Fsp3) is 0.750. The molecule has 0 rings (SSSR count). The number of nitrogens with two attached hydrogens (primary N) is 1. The van der Waals surface area contributed by atoms with Gasteiger partial charge in [-0.3, -0.25) is 13.8 Å². The van der Waals surface area contributed by atoms with Gasteiger partial charge in [-0.2, -0.15) is 0 Å². The first-order chi connectivity index (χ1) is 18.3. The summed E-state index contributed by atoms with van der Waals surface area (Å²) in [6.45, 7) is 3.75. The summed E-state index contributed by atoms with van der Waals surface area (Å²) in [5.41, 5.74) is 5.29. The lowest BCUT2D eigenvalue weighted by molar-refractivity contribution is -0.124. The maximum atomic E-state index is 12.5. The lowest BCUT2D eigenvalue weighted by atomic mass is 10.1. The van der Waals surface area contributed by atoms with Gasteiger partial charge in [0.25, 0.3) is 0 Å². The average Bonchev–Trinajstić information content (AvgIpc) is 2.88. The van der Waals surface area contributed by atoms with Gasteiger partial charge in [-0.25, -0.2) is 4.57 Å². The summed E-state index contributed by atoms with van der Waals surface area (Å²) in [5.74, 6) is -0.499. The Bertz CT molecular complexity index is 715. The van der Waals surface area contributed by atoms with Crippen LogP contribution < -0.4 is 11.1 Å². The number of unbranched alkanes of at least 4 members (excludes halogenated alkanes) is 8. The van der Waals surface area contributed by atoms with Gasteiger partial charge in [0.1, 0.15) is 0 Å². The normalized spacial score (nSPS) is 16.3. The minimum atomic E-state index is -4.39. The quantitative estimate of drug-likeness (QED) is 0.0590. The van der Waals surface area contributed by atoms with Crippen molar-refractivity contribution < 1.29 is 33.5 Å². The van der Waals surface area contributed by atoms with Crippen molar-refractivity contribution in [3.63, 3.8) is 0 Å². The highest BCUT2D eigenvalue weighted by atomic mass is 31.2. The van der Waals surface area contributed by atoms with Crippen LogP contribution in [-0.4, -0.2) is 59.0 Å². The molecular weight excluding hydrogens is 507 g/mol. The monoisotopic (exact) mass is 560 g/mol. The van der Waals surface area contributed by atoms with Gasteiger partial charge in [-0.15, -0.1) is 0 Å². The largest absolute Gasteiger partial charge is 0.472 e. The number of hydrogen-bond donors (Lipinski definition) is 5. The third-order valence-electron chi connectivity index (χ3n) is 5.74. The molecule has 4 unspecified atom stereocenters. The Labute approximate surface area is 230 Å². The van der Waals surface area contributed by atoms with Crippen LogP contribution >= 0.6 is 7.82 Å². The van der Waals surface area contributed by atoms with Crippen molar-refractivity contribution in [2.45, 2.75) is 116 Å². The van der Waals surface area contributed by atoms with E-state index < -0.39 is 38.6 Å². The number of carbonyl (C=O) groups is 1. The molecule has 6 N–H and O–H groups in total. The highest BCUT2D eigenvalue weighted by molar-refractivity contribution is 7.47. The van der Waals surface area contributed by atoms with E-state index in [9.17, 15) is 24.5 Å². The van der Waals surface area contributed by atoms with Crippen molar-refractivity contribution >= 4 is 13.7 Å². The molecule has 0 aliphatic carbocycles. The van der Waals surface area contributed by atoms with E-state index in [-0.39, 0.29) is 19.6 Å². The van der Waals surface area contributed by atoms with E-state index in [4.69, 9.17) is 14.8 Å². The van der Waals surface area contributed by atoms with Crippen LogP contribution in [0.2, 0.25) is 0 Å². The number of hydrogen-bond acceptors (Lipinski definition) is 7. The van der Waals surface area contributed by atoms with Crippen molar-refractivity contribution in [1.82, 2.24) is 5.32 Å². The van der Waals surface area contributed by atoms with Crippen LogP contribution in [0.15, 0.2) is 36.5 Å². The van der Waals surface area contributed by atoms with E-state index in [1.807, 2.05) is 12.2 Å². The fourth-order valence-corrected chi connectivity index (χ4v) is 4.30. The second-order valence-corrected chi connectivity index (χ2v) is 10.9. The topological polar surface area (TPSA) is 151 Å². The van der Waals surface area contributed by atoms with E-state index in [0.29, 0.717) is 12.8 Å². The Kier molecular flexibility index (Phi) is 23.8. The van der Waals surface area contributed by atoms with E-state index >= 15 is 0 Å². The van der Waals surface area contributed by atoms with Crippen LogP contribution in [0, 0.1) is 0 Å². The molecule has 0 aromatic rings. The molecule has 0 aromatic carbocycles. The predicted molar refractivity (Wildman–Crippen MR) is 154 cm³/mol. The molecule has 0 saturated carbocycles. The van der Waals surface area contributed by atoms with Gasteiger partial charge >= 0.3 is 7.82 Å². The van der Waals surface area contributed by atoms with Crippen molar-refractivity contribution in [2.75, 3.05) is 19.8 Å². The first kappa shape index (κ1) is 36.7. The zero-order valence-electron chi connectivity index (χ0n) is 23.5. The molecule has 0 saturated heterocycles. The van der Waals surface area contributed by atoms with Crippen LogP contribution in [0.5, 0.6) is 0 Å². The molecule has 222 valence electrons. The minimum absolute atomic E-state index is 0.0392. The van der Waals surface area contributed by atoms with E-state index in [2.05, 4.69) is 31.3 Å². The van der Waals surface area contributed by atoms with Crippen LogP contribution in [0.25, 0.3) is 0 Å². The summed E-state index contributed by atoms with van der Waals surface area (Å²) >= 11 is 0. The van der Waals surface area contributed by atoms with Gasteiger partial charge in [-0.05, 0) is 44.9 Å². The summed E-state index contributed by atoms with van der Waals surface area (Å²) in [6, 6.07) is -1.01. The van der Waals surface area contributed by atoms with Crippen LogP contribution in [-0.2, 0) is 18.4 Å². The second-order valence-electron chi connectivity index (χ2n) is 9.44. The van der Waals surface area contributed by atoms with Crippen molar-refractivity contribution in [3.8, 4) is 0 Å². The smallest absolute Gasteiger partial charge is 0.392 e. The third kappa shape index (κ3) is 22.6. The molecule has 0 heterocycles. The van der Waals surface area contributed by atoms with Gasteiger partial charge in [-0.1, -0.05) is 82.4 Å². The molecule has 0 fully saturated rings. The molecule has 0 aliphatic heterocycles. The number of aliphatic hydroxyl groups is 2. The molecule has 0 bridgehead atoms. The maximum absolute atomic E-state index is 12.5. The molecule has 0 aliphatic rings. The van der Waals surface area contributed by atoms with Crippen molar-refractivity contribution in [2.24, 2.45) is 5.73 Å². The van der Waals surface area contributed by atoms with Crippen LogP contribution in [0.4, 0.5) is 0 Å².